The monoisotopic (exact) mass is 427 g/mol. The third kappa shape index (κ3) is 5.29. The molecule has 0 bridgehead atoms. The van der Waals surface area contributed by atoms with E-state index >= 15 is 0 Å². The summed E-state index contributed by atoms with van der Waals surface area (Å²) >= 11 is 1.02. The lowest BCUT2D eigenvalue weighted by Gasteiger charge is -2.12. The Morgan fingerprint density at radius 2 is 1.77 bits per heavy atom. The first-order valence-electron chi connectivity index (χ1n) is 8.90. The largest absolute Gasteiger partial charge is 0.326 e. The zero-order chi connectivity index (χ0) is 21.7. The normalized spacial score (nSPS) is 11.6. The van der Waals surface area contributed by atoms with Gasteiger partial charge in [-0.2, -0.15) is 0 Å². The van der Waals surface area contributed by atoms with Crippen molar-refractivity contribution in [3.8, 4) is 11.3 Å². The first-order chi connectivity index (χ1) is 14.3. The standard InChI is InChI=1S/C20H18FN5O3S/c1-11(18(28)23-14-9-7-13(21)8-10-14)30-20-24-19(29)17(25-26-20)15-5-3-4-6-16(15)22-12(2)27/h3-11H,1-2H3,(H,22,27)(H,23,28)(H,24,26,29)/t11-/m1/s1. The Morgan fingerprint density at radius 1 is 1.07 bits per heavy atom. The summed E-state index contributed by atoms with van der Waals surface area (Å²) in [5, 5.41) is 12.9. The van der Waals surface area contributed by atoms with Gasteiger partial charge in [0.15, 0.2) is 10.9 Å². The first-order valence-corrected chi connectivity index (χ1v) is 9.78. The summed E-state index contributed by atoms with van der Waals surface area (Å²) in [6, 6.07) is 12.1. The van der Waals surface area contributed by atoms with E-state index in [1.54, 1.807) is 31.2 Å². The van der Waals surface area contributed by atoms with Crippen LogP contribution in [0.15, 0.2) is 58.5 Å². The van der Waals surface area contributed by atoms with Gasteiger partial charge in [0.1, 0.15) is 5.82 Å². The molecule has 0 saturated carbocycles. The van der Waals surface area contributed by atoms with Crippen molar-refractivity contribution in [2.24, 2.45) is 0 Å². The van der Waals surface area contributed by atoms with Gasteiger partial charge in [0.05, 0.1) is 10.9 Å². The number of amides is 2. The SMILES string of the molecule is CC(=O)Nc1ccccc1-c1nnc(S[C@H](C)C(=O)Nc2ccc(F)cc2)[nH]c1=O. The van der Waals surface area contributed by atoms with Crippen molar-refractivity contribution in [1.82, 2.24) is 15.2 Å². The van der Waals surface area contributed by atoms with Crippen molar-refractivity contribution >= 4 is 35.0 Å². The molecule has 0 aliphatic rings. The van der Waals surface area contributed by atoms with Crippen molar-refractivity contribution < 1.29 is 14.0 Å². The Morgan fingerprint density at radius 3 is 2.43 bits per heavy atom. The molecule has 1 heterocycles. The highest BCUT2D eigenvalue weighted by Gasteiger charge is 2.18. The number of aromatic amines is 1. The molecule has 3 N–H and O–H groups in total. The van der Waals surface area contributed by atoms with E-state index in [2.05, 4.69) is 25.8 Å². The number of carbonyl (C=O) groups is 2. The van der Waals surface area contributed by atoms with E-state index in [4.69, 9.17) is 0 Å². The maximum absolute atomic E-state index is 13.0. The molecule has 0 spiro atoms. The van der Waals surface area contributed by atoms with Crippen LogP contribution in [0.5, 0.6) is 0 Å². The van der Waals surface area contributed by atoms with E-state index in [1.807, 2.05) is 0 Å². The molecular formula is C20H18FN5O3S. The molecule has 154 valence electrons. The predicted octanol–water partition coefficient (Wildman–Crippen LogP) is 3.05. The number of hydrogen-bond acceptors (Lipinski definition) is 6. The lowest BCUT2D eigenvalue weighted by atomic mass is 10.1. The minimum absolute atomic E-state index is 0.0483. The minimum Gasteiger partial charge on any atom is -0.326 e. The molecule has 1 atom stereocenters. The van der Waals surface area contributed by atoms with E-state index in [9.17, 15) is 18.8 Å². The number of rotatable bonds is 6. The Labute approximate surface area is 175 Å². The van der Waals surface area contributed by atoms with Gasteiger partial charge < -0.3 is 10.6 Å². The zero-order valence-corrected chi connectivity index (χ0v) is 16.9. The van der Waals surface area contributed by atoms with E-state index < -0.39 is 16.6 Å². The summed E-state index contributed by atoms with van der Waals surface area (Å²) < 4.78 is 13.0. The van der Waals surface area contributed by atoms with Crippen LogP contribution in [-0.2, 0) is 9.59 Å². The molecule has 2 aromatic carbocycles. The smallest absolute Gasteiger partial charge is 0.278 e. The molecule has 0 aliphatic carbocycles. The number of thioether (sulfide) groups is 1. The number of anilines is 2. The summed E-state index contributed by atoms with van der Waals surface area (Å²) in [6.45, 7) is 3.01. The number of nitrogens with zero attached hydrogens (tertiary/aromatic N) is 2. The fraction of sp³-hybridized carbons (Fsp3) is 0.150. The maximum Gasteiger partial charge on any atom is 0.278 e. The summed E-state index contributed by atoms with van der Waals surface area (Å²) in [5.41, 5.74) is 0.874. The highest BCUT2D eigenvalue weighted by Crippen LogP contribution is 2.25. The fourth-order valence-electron chi connectivity index (χ4n) is 2.54. The first kappa shape index (κ1) is 21.2. The van der Waals surface area contributed by atoms with Crippen LogP contribution in [0, 0.1) is 5.82 Å². The Kier molecular flexibility index (Phi) is 6.58. The molecule has 10 heteroatoms. The highest BCUT2D eigenvalue weighted by molar-refractivity contribution is 8.00. The van der Waals surface area contributed by atoms with E-state index in [0.29, 0.717) is 16.9 Å². The Balaban J connectivity index is 1.74. The molecule has 2 amide bonds. The highest BCUT2D eigenvalue weighted by atomic mass is 32.2. The van der Waals surface area contributed by atoms with Gasteiger partial charge in [-0.05, 0) is 37.3 Å². The summed E-state index contributed by atoms with van der Waals surface area (Å²) in [4.78, 5) is 38.8. The van der Waals surface area contributed by atoms with Gasteiger partial charge in [-0.3, -0.25) is 19.4 Å². The molecule has 0 saturated heterocycles. The number of aromatic nitrogens is 3. The molecule has 1 aromatic heterocycles. The van der Waals surface area contributed by atoms with Gasteiger partial charge in [0.2, 0.25) is 11.8 Å². The van der Waals surface area contributed by atoms with Gasteiger partial charge in [0.25, 0.3) is 5.56 Å². The van der Waals surface area contributed by atoms with Crippen LogP contribution in [0.3, 0.4) is 0 Å². The van der Waals surface area contributed by atoms with Gasteiger partial charge in [-0.1, -0.05) is 30.0 Å². The molecule has 30 heavy (non-hydrogen) atoms. The van der Waals surface area contributed by atoms with Crippen molar-refractivity contribution in [2.75, 3.05) is 10.6 Å². The van der Waals surface area contributed by atoms with Crippen LogP contribution in [0.4, 0.5) is 15.8 Å². The number of hydrogen-bond donors (Lipinski definition) is 3. The van der Waals surface area contributed by atoms with Gasteiger partial charge >= 0.3 is 0 Å². The van der Waals surface area contributed by atoms with Crippen LogP contribution >= 0.6 is 11.8 Å². The summed E-state index contributed by atoms with van der Waals surface area (Å²) in [7, 11) is 0. The topological polar surface area (TPSA) is 117 Å². The van der Waals surface area contributed by atoms with Crippen LogP contribution in [0.25, 0.3) is 11.3 Å². The third-order valence-electron chi connectivity index (χ3n) is 3.94. The number of benzene rings is 2. The molecule has 0 unspecified atom stereocenters. The van der Waals surface area contributed by atoms with E-state index in [1.165, 1.54) is 31.2 Å². The van der Waals surface area contributed by atoms with Crippen LogP contribution < -0.4 is 16.2 Å². The van der Waals surface area contributed by atoms with Gasteiger partial charge in [-0.15, -0.1) is 10.2 Å². The Hall–Kier alpha value is -3.53. The molecule has 8 nitrogen and oxygen atoms in total. The quantitative estimate of drug-likeness (QED) is 0.521. The van der Waals surface area contributed by atoms with Crippen LogP contribution in [0.1, 0.15) is 13.8 Å². The summed E-state index contributed by atoms with van der Waals surface area (Å²) in [6.07, 6.45) is 0. The zero-order valence-electron chi connectivity index (χ0n) is 16.1. The molecule has 0 aliphatic heterocycles. The molecule has 3 rings (SSSR count). The van der Waals surface area contributed by atoms with Gasteiger partial charge in [0, 0.05) is 18.2 Å². The average molecular weight is 427 g/mol. The lowest BCUT2D eigenvalue weighted by Crippen LogP contribution is -2.23. The van der Waals surface area contributed by atoms with Gasteiger partial charge in [-0.25, -0.2) is 4.39 Å². The number of carbonyl (C=O) groups excluding carboxylic acids is 2. The predicted molar refractivity (Wildman–Crippen MR) is 113 cm³/mol. The summed E-state index contributed by atoms with van der Waals surface area (Å²) in [5.74, 6) is -1.02. The van der Waals surface area contributed by atoms with Crippen molar-refractivity contribution in [1.29, 1.82) is 0 Å². The number of para-hydroxylation sites is 1. The second-order valence-electron chi connectivity index (χ2n) is 6.29. The third-order valence-corrected chi connectivity index (χ3v) is 4.91. The van der Waals surface area contributed by atoms with Crippen molar-refractivity contribution in [2.45, 2.75) is 24.3 Å². The van der Waals surface area contributed by atoms with Crippen molar-refractivity contribution in [3.63, 3.8) is 0 Å². The lowest BCUT2D eigenvalue weighted by molar-refractivity contribution is -0.115. The minimum atomic E-state index is -0.600. The van der Waals surface area contributed by atoms with Crippen LogP contribution in [0.2, 0.25) is 0 Å². The number of H-pyrrole nitrogens is 1. The van der Waals surface area contributed by atoms with E-state index in [-0.39, 0.29) is 22.7 Å². The van der Waals surface area contributed by atoms with E-state index in [0.717, 1.165) is 11.8 Å². The van der Waals surface area contributed by atoms with Crippen molar-refractivity contribution in [3.05, 3.63) is 64.7 Å². The molecule has 3 aromatic rings. The fourth-order valence-corrected chi connectivity index (χ4v) is 3.28. The molecule has 0 radical (unpaired) electrons. The maximum atomic E-state index is 13.0. The number of nitrogens with one attached hydrogen (secondary N) is 3. The second-order valence-corrected chi connectivity index (χ2v) is 7.62. The Bertz CT molecular complexity index is 1130. The van der Waals surface area contributed by atoms with Crippen LogP contribution in [-0.4, -0.2) is 32.2 Å². The molecular weight excluding hydrogens is 409 g/mol. The molecule has 0 fully saturated rings. The average Bonchev–Trinajstić information content (AvgIpc) is 2.70. The second kappa shape index (κ2) is 9.31. The number of halogens is 1.